The zero-order valence-corrected chi connectivity index (χ0v) is 11.0. The van der Waals surface area contributed by atoms with Crippen LogP contribution in [0.5, 0.6) is 0 Å². The van der Waals surface area contributed by atoms with Gasteiger partial charge in [0, 0.05) is 12.5 Å². The van der Waals surface area contributed by atoms with Crippen molar-refractivity contribution in [1.29, 1.82) is 0 Å². The Morgan fingerprint density at radius 1 is 1.47 bits per heavy atom. The number of hydrogen-bond donors (Lipinski definition) is 2. The van der Waals surface area contributed by atoms with Gasteiger partial charge in [-0.3, -0.25) is 4.79 Å². The fourth-order valence-electron chi connectivity index (χ4n) is 1.38. The molecule has 0 aliphatic rings. The normalized spacial score (nSPS) is 13.2. The van der Waals surface area contributed by atoms with E-state index in [4.69, 9.17) is 17.3 Å². The molecular weight excluding hydrogens is 281 g/mol. The molecule has 0 heterocycles. The van der Waals surface area contributed by atoms with Crippen LogP contribution in [0.2, 0.25) is 5.02 Å². The predicted octanol–water partition coefficient (Wildman–Crippen LogP) is 3.42. The Hall–Kier alpha value is -1.27. The topological polar surface area (TPSA) is 55.1 Å². The minimum absolute atomic E-state index is 0.0911. The first kappa shape index (κ1) is 15.8. The molecule has 0 saturated heterocycles. The SMILES string of the molecule is CCC(N)CC(=O)Nc1ccc(C(F)(F)F)cc1Cl. The van der Waals surface area contributed by atoms with Crippen LogP contribution in [0.4, 0.5) is 18.9 Å². The third-order valence-corrected chi connectivity index (χ3v) is 2.86. The number of amides is 1. The van der Waals surface area contributed by atoms with Gasteiger partial charge in [0.1, 0.15) is 0 Å². The van der Waals surface area contributed by atoms with Gasteiger partial charge >= 0.3 is 6.18 Å². The maximum absolute atomic E-state index is 12.4. The van der Waals surface area contributed by atoms with Crippen molar-refractivity contribution < 1.29 is 18.0 Å². The number of carbonyl (C=O) groups is 1. The van der Waals surface area contributed by atoms with Crippen molar-refractivity contribution in [2.75, 3.05) is 5.32 Å². The van der Waals surface area contributed by atoms with Gasteiger partial charge in [-0.2, -0.15) is 13.2 Å². The highest BCUT2D eigenvalue weighted by Gasteiger charge is 2.30. The second-order valence-corrected chi connectivity index (χ2v) is 4.52. The first-order valence-electron chi connectivity index (χ1n) is 5.66. The molecule has 1 atom stereocenters. The van der Waals surface area contributed by atoms with Gasteiger partial charge in [0.05, 0.1) is 16.3 Å². The molecule has 0 spiro atoms. The molecule has 0 aliphatic carbocycles. The van der Waals surface area contributed by atoms with Crippen LogP contribution in [0.1, 0.15) is 25.3 Å². The van der Waals surface area contributed by atoms with Crippen LogP contribution in [0.15, 0.2) is 18.2 Å². The number of halogens is 4. The predicted molar refractivity (Wildman–Crippen MR) is 68.0 cm³/mol. The van der Waals surface area contributed by atoms with Gasteiger partial charge in [-0.1, -0.05) is 18.5 Å². The molecule has 0 aromatic heterocycles. The van der Waals surface area contributed by atoms with E-state index in [1.54, 1.807) is 0 Å². The molecule has 1 amide bonds. The van der Waals surface area contributed by atoms with Crippen molar-refractivity contribution in [1.82, 2.24) is 0 Å². The van der Waals surface area contributed by atoms with Crippen molar-refractivity contribution in [2.24, 2.45) is 5.73 Å². The molecule has 19 heavy (non-hydrogen) atoms. The highest BCUT2D eigenvalue weighted by Crippen LogP contribution is 2.33. The molecule has 1 unspecified atom stereocenters. The Kier molecular flexibility index (Phi) is 5.20. The molecule has 1 aromatic rings. The van der Waals surface area contributed by atoms with E-state index in [9.17, 15) is 18.0 Å². The summed E-state index contributed by atoms with van der Waals surface area (Å²) in [6.07, 6.45) is -3.74. The quantitative estimate of drug-likeness (QED) is 0.894. The average Bonchev–Trinajstić information content (AvgIpc) is 2.30. The van der Waals surface area contributed by atoms with Crippen LogP contribution in [0, 0.1) is 0 Å². The van der Waals surface area contributed by atoms with E-state index in [0.717, 1.165) is 18.2 Å². The first-order chi connectivity index (χ1) is 8.74. The molecule has 0 saturated carbocycles. The number of alkyl halides is 3. The second kappa shape index (κ2) is 6.25. The number of nitrogens with one attached hydrogen (secondary N) is 1. The molecule has 7 heteroatoms. The summed E-state index contributed by atoms with van der Waals surface area (Å²) in [6.45, 7) is 1.84. The summed E-state index contributed by atoms with van der Waals surface area (Å²) in [6, 6.07) is 2.48. The van der Waals surface area contributed by atoms with Crippen LogP contribution in [0.3, 0.4) is 0 Å². The Bertz CT molecular complexity index is 463. The van der Waals surface area contributed by atoms with Crippen LogP contribution < -0.4 is 11.1 Å². The van der Waals surface area contributed by atoms with Gasteiger partial charge in [0.15, 0.2) is 0 Å². The second-order valence-electron chi connectivity index (χ2n) is 4.11. The Balaban J connectivity index is 2.78. The average molecular weight is 295 g/mol. The maximum Gasteiger partial charge on any atom is 0.416 e. The number of carbonyl (C=O) groups excluding carboxylic acids is 1. The lowest BCUT2D eigenvalue weighted by Crippen LogP contribution is -2.26. The third-order valence-electron chi connectivity index (χ3n) is 2.54. The monoisotopic (exact) mass is 294 g/mol. The van der Waals surface area contributed by atoms with Gasteiger partial charge in [0.25, 0.3) is 0 Å². The molecule has 0 aliphatic heterocycles. The minimum atomic E-state index is -4.46. The summed E-state index contributed by atoms with van der Waals surface area (Å²) in [4.78, 5) is 11.5. The van der Waals surface area contributed by atoms with E-state index < -0.39 is 11.7 Å². The molecule has 0 radical (unpaired) electrons. The van der Waals surface area contributed by atoms with E-state index >= 15 is 0 Å². The lowest BCUT2D eigenvalue weighted by molar-refractivity contribution is -0.137. The Labute approximate surface area is 113 Å². The zero-order chi connectivity index (χ0) is 14.6. The zero-order valence-electron chi connectivity index (χ0n) is 10.2. The van der Waals surface area contributed by atoms with E-state index in [-0.39, 0.29) is 29.1 Å². The fraction of sp³-hybridized carbons (Fsp3) is 0.417. The summed E-state index contributed by atoms with van der Waals surface area (Å²) in [5, 5.41) is 2.28. The van der Waals surface area contributed by atoms with Gasteiger partial charge in [-0.05, 0) is 24.6 Å². The van der Waals surface area contributed by atoms with E-state index in [0.29, 0.717) is 6.42 Å². The largest absolute Gasteiger partial charge is 0.416 e. The standard InChI is InChI=1S/C12H14ClF3N2O/c1-2-8(17)6-11(19)18-10-4-3-7(5-9(10)13)12(14,15)16/h3-5,8H,2,6,17H2,1H3,(H,18,19). The Morgan fingerprint density at radius 3 is 2.58 bits per heavy atom. The van der Waals surface area contributed by atoms with Crippen LogP contribution >= 0.6 is 11.6 Å². The maximum atomic E-state index is 12.4. The lowest BCUT2D eigenvalue weighted by atomic mass is 10.1. The van der Waals surface area contributed by atoms with Crippen molar-refractivity contribution >= 4 is 23.2 Å². The molecule has 3 nitrogen and oxygen atoms in total. The van der Waals surface area contributed by atoms with Gasteiger partial charge < -0.3 is 11.1 Å². The number of nitrogens with two attached hydrogens (primary N) is 1. The summed E-state index contributed by atoms with van der Waals surface area (Å²) in [5.41, 5.74) is 4.89. The molecule has 106 valence electrons. The molecule has 3 N–H and O–H groups in total. The highest BCUT2D eigenvalue weighted by molar-refractivity contribution is 6.33. The van der Waals surface area contributed by atoms with Gasteiger partial charge in [0.2, 0.25) is 5.91 Å². The van der Waals surface area contributed by atoms with Crippen molar-refractivity contribution in [3.05, 3.63) is 28.8 Å². The van der Waals surface area contributed by atoms with Crippen LogP contribution in [-0.2, 0) is 11.0 Å². The third kappa shape index (κ3) is 4.72. The van der Waals surface area contributed by atoms with Crippen molar-refractivity contribution in [2.45, 2.75) is 32.0 Å². The molecule has 0 bridgehead atoms. The number of anilines is 1. The summed E-state index contributed by atoms with van der Waals surface area (Å²) in [5.74, 6) is -0.379. The molecule has 1 rings (SSSR count). The van der Waals surface area contributed by atoms with Crippen LogP contribution in [0.25, 0.3) is 0 Å². The Morgan fingerprint density at radius 2 is 2.11 bits per heavy atom. The van der Waals surface area contributed by atoms with Gasteiger partial charge in [-0.25, -0.2) is 0 Å². The summed E-state index contributed by atoms with van der Waals surface area (Å²) in [7, 11) is 0. The fourth-order valence-corrected chi connectivity index (χ4v) is 1.60. The number of hydrogen-bond acceptors (Lipinski definition) is 2. The smallest absolute Gasteiger partial charge is 0.327 e. The summed E-state index contributed by atoms with van der Waals surface area (Å²) < 4.78 is 37.3. The first-order valence-corrected chi connectivity index (χ1v) is 6.04. The molecule has 1 aromatic carbocycles. The van der Waals surface area contributed by atoms with Gasteiger partial charge in [-0.15, -0.1) is 0 Å². The molecular formula is C12H14ClF3N2O. The van der Waals surface area contributed by atoms with Crippen molar-refractivity contribution in [3.63, 3.8) is 0 Å². The van der Waals surface area contributed by atoms with E-state index in [1.807, 2.05) is 6.92 Å². The number of rotatable bonds is 4. The van der Waals surface area contributed by atoms with Crippen LogP contribution in [-0.4, -0.2) is 11.9 Å². The van der Waals surface area contributed by atoms with Crippen molar-refractivity contribution in [3.8, 4) is 0 Å². The number of benzene rings is 1. The molecule has 0 fully saturated rings. The summed E-state index contributed by atoms with van der Waals surface area (Å²) >= 11 is 5.70. The minimum Gasteiger partial charge on any atom is -0.327 e. The van der Waals surface area contributed by atoms with E-state index in [1.165, 1.54) is 0 Å². The lowest BCUT2D eigenvalue weighted by Gasteiger charge is -2.12. The van der Waals surface area contributed by atoms with E-state index in [2.05, 4.69) is 5.32 Å². The highest BCUT2D eigenvalue weighted by atomic mass is 35.5.